The zero-order chi connectivity index (χ0) is 43.6. The number of hydrogen-bond acceptors (Lipinski definition) is 7. The first kappa shape index (κ1) is 46.7. The number of amides is 1. The van der Waals surface area contributed by atoms with Crippen LogP contribution < -0.4 is 14.8 Å². The van der Waals surface area contributed by atoms with Crippen LogP contribution in [-0.4, -0.2) is 32.1 Å². The van der Waals surface area contributed by atoms with Crippen LogP contribution in [-0.2, 0) is 39.4 Å². The normalized spacial score (nSPS) is 12.1. The van der Waals surface area contributed by atoms with Gasteiger partial charge in [0.1, 0.15) is 36.2 Å². The number of carbonyl (C=O) groups is 2. The molecule has 0 spiro atoms. The van der Waals surface area contributed by atoms with E-state index in [2.05, 4.69) is 11.9 Å². The van der Waals surface area contributed by atoms with E-state index in [9.17, 15) is 24.9 Å². The molecule has 0 fully saturated rings. The van der Waals surface area contributed by atoms with E-state index < -0.39 is 5.97 Å². The average molecular weight is 900 g/mol. The molecule has 0 saturated heterocycles. The molecule has 8 rings (SSSR count). The fourth-order valence-electron chi connectivity index (χ4n) is 7.37. The summed E-state index contributed by atoms with van der Waals surface area (Å²) in [7, 11) is 0. The SMILES string of the molecule is Br.C=C(C)c1cc(C(=O)N2Cc3cccc(O)c3C2)c(C)cc1OCc1ccccc1.Cc1cc(OCc2ccccc2)c(C(C)C)cc1C(=O)O.Oc1cccc2c1CNC2. The second-order valence-corrected chi connectivity index (χ2v) is 15.8. The van der Waals surface area contributed by atoms with Crippen LogP contribution in [0, 0.1) is 13.8 Å². The van der Waals surface area contributed by atoms with E-state index in [-0.39, 0.29) is 34.6 Å². The number of phenolic OH excluding ortho intramolecular Hbond substituents is 2. The Morgan fingerprint density at radius 1 is 0.677 bits per heavy atom. The summed E-state index contributed by atoms with van der Waals surface area (Å²) in [6, 6.07) is 38.3. The number of fused-ring (bicyclic) bond motifs is 2. The molecular weight excluding hydrogens is 844 g/mol. The molecule has 2 aliphatic heterocycles. The number of carbonyl (C=O) groups excluding carboxylic acids is 1. The first-order valence-corrected chi connectivity index (χ1v) is 20.4. The van der Waals surface area contributed by atoms with Crippen molar-refractivity contribution in [3.05, 3.63) is 195 Å². The van der Waals surface area contributed by atoms with Crippen LogP contribution in [0.4, 0.5) is 0 Å². The number of aromatic carboxylic acids is 1. The van der Waals surface area contributed by atoms with Crippen molar-refractivity contribution in [3.63, 3.8) is 0 Å². The number of carboxylic acid groups (broad SMARTS) is 1. The Labute approximate surface area is 375 Å². The number of carboxylic acids is 1. The van der Waals surface area contributed by atoms with Gasteiger partial charge in [-0.3, -0.25) is 4.79 Å². The molecule has 6 aromatic carbocycles. The number of nitrogens with zero attached hydrogens (tertiary/aromatic N) is 1. The molecule has 0 saturated carbocycles. The van der Waals surface area contributed by atoms with Gasteiger partial charge in [0.15, 0.2) is 0 Å². The molecule has 0 bridgehead atoms. The molecule has 0 unspecified atom stereocenters. The molecule has 9 nitrogen and oxygen atoms in total. The highest BCUT2D eigenvalue weighted by Gasteiger charge is 2.28. The lowest BCUT2D eigenvalue weighted by atomic mass is 9.96. The largest absolute Gasteiger partial charge is 0.508 e. The zero-order valence-corrected chi connectivity index (χ0v) is 37.6. The third kappa shape index (κ3) is 11.5. The number of ether oxygens (including phenoxy) is 2. The number of halogens is 1. The maximum absolute atomic E-state index is 13.3. The molecule has 62 heavy (non-hydrogen) atoms. The molecule has 0 atom stereocenters. The molecule has 6 aromatic rings. The van der Waals surface area contributed by atoms with Gasteiger partial charge < -0.3 is 35.0 Å². The van der Waals surface area contributed by atoms with Gasteiger partial charge >= 0.3 is 5.97 Å². The molecule has 2 heterocycles. The van der Waals surface area contributed by atoms with Gasteiger partial charge in [-0.1, -0.05) is 105 Å². The van der Waals surface area contributed by atoms with Crippen molar-refractivity contribution >= 4 is 34.4 Å². The Morgan fingerprint density at radius 3 is 1.77 bits per heavy atom. The van der Waals surface area contributed by atoms with Gasteiger partial charge in [-0.05, 0) is 108 Å². The van der Waals surface area contributed by atoms with Gasteiger partial charge in [0.05, 0.1) is 12.1 Å². The number of phenols is 2. The summed E-state index contributed by atoms with van der Waals surface area (Å²) in [6.45, 7) is 17.3. The standard InChI is InChI=1S/C26H25NO3.C18H20O3.C8H9NO.BrH/c1-17(2)21-13-22(18(3)12-25(21)30-16-19-8-5-4-6-9-19)26(29)27-14-20-10-7-11-24(28)23(20)15-27;1-12(2)15-10-16(18(19)20)13(3)9-17(15)21-11-14-7-5-4-6-8-14;10-8-3-1-2-6-4-9-5-7(6)8;/h4-13,28H,1,14-16H2,2-3H3;4-10,12H,11H2,1-3H3,(H,19,20);1-3,9-10H,4-5H2;1H. The molecule has 2 aliphatic rings. The fraction of sp³-hybridized carbons (Fsp3) is 0.231. The summed E-state index contributed by atoms with van der Waals surface area (Å²) < 4.78 is 12.0. The zero-order valence-electron chi connectivity index (χ0n) is 35.9. The number of hydrogen-bond donors (Lipinski definition) is 4. The van der Waals surface area contributed by atoms with Gasteiger partial charge in [-0.2, -0.15) is 0 Å². The summed E-state index contributed by atoms with van der Waals surface area (Å²) in [4.78, 5) is 26.3. The Kier molecular flexibility index (Phi) is 16.1. The quantitative estimate of drug-likeness (QED) is 0.107. The maximum Gasteiger partial charge on any atom is 0.335 e. The first-order chi connectivity index (χ1) is 29.3. The van der Waals surface area contributed by atoms with E-state index in [1.807, 2.05) is 131 Å². The van der Waals surface area contributed by atoms with Crippen molar-refractivity contribution in [2.45, 2.75) is 79.9 Å². The topological polar surface area (TPSA) is 129 Å². The summed E-state index contributed by atoms with van der Waals surface area (Å²) in [5.41, 5.74) is 11.4. The van der Waals surface area contributed by atoms with Crippen molar-refractivity contribution < 1.29 is 34.4 Å². The maximum atomic E-state index is 13.3. The fourth-order valence-corrected chi connectivity index (χ4v) is 7.37. The molecule has 0 aliphatic carbocycles. The number of rotatable bonds is 10. The Morgan fingerprint density at radius 2 is 1.23 bits per heavy atom. The first-order valence-electron chi connectivity index (χ1n) is 20.4. The van der Waals surface area contributed by atoms with Gasteiger partial charge in [0.2, 0.25) is 0 Å². The number of nitrogens with one attached hydrogen (secondary N) is 1. The highest BCUT2D eigenvalue weighted by Crippen LogP contribution is 2.35. The van der Waals surface area contributed by atoms with Crippen LogP contribution in [0.25, 0.3) is 5.57 Å². The van der Waals surface area contributed by atoms with Crippen LogP contribution in [0.2, 0.25) is 0 Å². The molecular formula is C52H55BrN2O7. The van der Waals surface area contributed by atoms with Crippen LogP contribution in [0.1, 0.15) is 103 Å². The predicted molar refractivity (Wildman–Crippen MR) is 250 cm³/mol. The summed E-state index contributed by atoms with van der Waals surface area (Å²) in [5, 5.41) is 31.8. The van der Waals surface area contributed by atoms with Crippen molar-refractivity contribution in [2.75, 3.05) is 0 Å². The molecule has 10 heteroatoms. The van der Waals surface area contributed by atoms with E-state index in [0.29, 0.717) is 43.2 Å². The second-order valence-electron chi connectivity index (χ2n) is 15.8. The van der Waals surface area contributed by atoms with E-state index >= 15 is 0 Å². The second kappa shape index (κ2) is 21.4. The van der Waals surface area contributed by atoms with Crippen LogP contribution in [0.5, 0.6) is 23.0 Å². The average Bonchev–Trinajstić information content (AvgIpc) is 3.92. The Hall–Kier alpha value is -6.36. The van der Waals surface area contributed by atoms with Crippen molar-refractivity contribution in [1.29, 1.82) is 0 Å². The highest BCUT2D eigenvalue weighted by molar-refractivity contribution is 8.93. The summed E-state index contributed by atoms with van der Waals surface area (Å²) in [6.07, 6.45) is 0. The van der Waals surface area contributed by atoms with Gasteiger partial charge in [-0.25, -0.2) is 4.79 Å². The van der Waals surface area contributed by atoms with Crippen LogP contribution >= 0.6 is 17.0 Å². The lowest BCUT2D eigenvalue weighted by Gasteiger charge is -2.20. The monoisotopic (exact) mass is 898 g/mol. The molecule has 0 radical (unpaired) electrons. The minimum atomic E-state index is -0.899. The molecule has 0 aromatic heterocycles. The Bertz CT molecular complexity index is 2520. The lowest BCUT2D eigenvalue weighted by Crippen LogP contribution is -2.26. The smallest absolute Gasteiger partial charge is 0.335 e. The summed E-state index contributed by atoms with van der Waals surface area (Å²) in [5.74, 6) is 1.40. The predicted octanol–water partition coefficient (Wildman–Crippen LogP) is 11.4. The van der Waals surface area contributed by atoms with E-state index in [1.165, 1.54) is 5.56 Å². The van der Waals surface area contributed by atoms with E-state index in [0.717, 1.165) is 80.2 Å². The highest BCUT2D eigenvalue weighted by atomic mass is 79.9. The lowest BCUT2D eigenvalue weighted by molar-refractivity contribution is 0.0694. The van der Waals surface area contributed by atoms with Crippen molar-refractivity contribution in [3.8, 4) is 23.0 Å². The van der Waals surface area contributed by atoms with Crippen molar-refractivity contribution in [1.82, 2.24) is 10.2 Å². The van der Waals surface area contributed by atoms with Gasteiger partial charge in [0, 0.05) is 41.9 Å². The molecule has 322 valence electrons. The number of aryl methyl sites for hydroxylation is 2. The number of aromatic hydroxyl groups is 2. The minimum Gasteiger partial charge on any atom is -0.508 e. The van der Waals surface area contributed by atoms with E-state index in [1.54, 1.807) is 30.0 Å². The van der Waals surface area contributed by atoms with Crippen molar-refractivity contribution in [2.24, 2.45) is 0 Å². The van der Waals surface area contributed by atoms with Crippen LogP contribution in [0.15, 0.2) is 128 Å². The number of allylic oxidation sites excluding steroid dienone is 1. The van der Waals surface area contributed by atoms with Gasteiger partial charge in [0.25, 0.3) is 5.91 Å². The third-order valence-electron chi connectivity index (χ3n) is 10.8. The van der Waals surface area contributed by atoms with Crippen LogP contribution in [0.3, 0.4) is 0 Å². The Balaban J connectivity index is 0.000000196. The molecule has 1 amide bonds. The third-order valence-corrected chi connectivity index (χ3v) is 10.8. The number of benzene rings is 6. The minimum absolute atomic E-state index is 0. The molecule has 4 N–H and O–H groups in total. The summed E-state index contributed by atoms with van der Waals surface area (Å²) >= 11 is 0. The van der Waals surface area contributed by atoms with Gasteiger partial charge in [-0.15, -0.1) is 17.0 Å². The van der Waals surface area contributed by atoms with E-state index in [4.69, 9.17) is 9.47 Å².